The summed E-state index contributed by atoms with van der Waals surface area (Å²) in [5.74, 6) is 4.24. The quantitative estimate of drug-likeness (QED) is 0.122. The third-order valence-electron chi connectivity index (χ3n) is 9.05. The van der Waals surface area contributed by atoms with Crippen LogP contribution in [0.3, 0.4) is 0 Å². The fourth-order valence-electron chi connectivity index (χ4n) is 6.68. The van der Waals surface area contributed by atoms with E-state index in [1.807, 2.05) is 12.1 Å². The number of nitrogens with zero attached hydrogens (tertiary/aromatic N) is 3. The molecule has 2 aliphatic rings. The smallest absolute Gasteiger partial charge is 0.231 e. The molecule has 0 N–H and O–H groups in total. The third-order valence-corrected chi connectivity index (χ3v) is 9.05. The monoisotopic (exact) mass is 629 g/mol. The Bertz CT molecular complexity index is 1730. The second-order valence-electron chi connectivity index (χ2n) is 12.3. The zero-order chi connectivity index (χ0) is 32.0. The largest absolute Gasteiger partial charge is 0.454 e. The van der Waals surface area contributed by atoms with E-state index in [0.717, 1.165) is 97.4 Å². The van der Waals surface area contributed by atoms with Crippen LogP contribution in [0.25, 0.3) is 22.6 Å². The number of imidazole rings is 1. The number of ether oxygens (including phenoxy) is 4. The lowest BCUT2D eigenvalue weighted by molar-refractivity contribution is 0.159. The number of fused-ring (bicyclic) bond motifs is 2. The summed E-state index contributed by atoms with van der Waals surface area (Å²) in [5, 5.41) is 0. The van der Waals surface area contributed by atoms with Crippen LogP contribution in [0, 0.1) is 0 Å². The summed E-state index contributed by atoms with van der Waals surface area (Å²) >= 11 is 0. The predicted molar refractivity (Wildman–Crippen MR) is 185 cm³/mol. The van der Waals surface area contributed by atoms with E-state index in [4.69, 9.17) is 23.9 Å². The van der Waals surface area contributed by atoms with E-state index < -0.39 is 0 Å². The SMILES string of the molecule is CCCC[C@H](c1c(-c2ccccc2)nc(-c2ccccc2)n1CCCC)N(Cc1ccc2c(c1)OCO2)Cc1ccc2c(c1)OCO2. The Morgan fingerprint density at radius 3 is 1.79 bits per heavy atom. The Labute approximate surface area is 277 Å². The first kappa shape index (κ1) is 30.9. The van der Waals surface area contributed by atoms with Crippen molar-refractivity contribution < 1.29 is 18.9 Å². The molecule has 0 spiro atoms. The number of hydrogen-bond donors (Lipinski definition) is 0. The fourth-order valence-corrected chi connectivity index (χ4v) is 6.68. The molecule has 0 radical (unpaired) electrons. The average Bonchev–Trinajstić information content (AvgIpc) is 3.87. The maximum absolute atomic E-state index is 5.81. The van der Waals surface area contributed by atoms with Crippen molar-refractivity contribution >= 4 is 0 Å². The Morgan fingerprint density at radius 2 is 1.21 bits per heavy atom. The minimum atomic E-state index is 0.0859. The molecule has 3 heterocycles. The summed E-state index contributed by atoms with van der Waals surface area (Å²) in [6, 6.07) is 34.1. The highest BCUT2D eigenvalue weighted by atomic mass is 16.7. The summed E-state index contributed by atoms with van der Waals surface area (Å²) in [7, 11) is 0. The zero-order valence-electron chi connectivity index (χ0n) is 27.4. The first-order chi connectivity index (χ1) is 23.2. The van der Waals surface area contributed by atoms with Gasteiger partial charge in [0.25, 0.3) is 0 Å². The van der Waals surface area contributed by atoms with Gasteiger partial charge in [0.15, 0.2) is 23.0 Å². The van der Waals surface area contributed by atoms with E-state index in [9.17, 15) is 0 Å². The van der Waals surface area contributed by atoms with Crippen molar-refractivity contribution in [2.45, 2.75) is 71.6 Å². The van der Waals surface area contributed by atoms with E-state index in [2.05, 4.69) is 108 Å². The highest BCUT2D eigenvalue weighted by molar-refractivity contribution is 5.69. The summed E-state index contributed by atoms with van der Waals surface area (Å²) < 4.78 is 25.4. The van der Waals surface area contributed by atoms with Gasteiger partial charge in [-0.3, -0.25) is 4.90 Å². The lowest BCUT2D eigenvalue weighted by Gasteiger charge is -2.34. The van der Waals surface area contributed by atoms with E-state index in [1.165, 1.54) is 16.8 Å². The van der Waals surface area contributed by atoms with Crippen molar-refractivity contribution in [1.82, 2.24) is 14.5 Å². The molecule has 2 aliphatic heterocycles. The highest BCUT2D eigenvalue weighted by Crippen LogP contribution is 2.41. The Kier molecular flexibility index (Phi) is 9.43. The van der Waals surface area contributed by atoms with Crippen LogP contribution in [-0.4, -0.2) is 28.0 Å². The first-order valence-corrected chi connectivity index (χ1v) is 16.9. The Balaban J connectivity index is 1.39. The minimum Gasteiger partial charge on any atom is -0.454 e. The van der Waals surface area contributed by atoms with Gasteiger partial charge in [0, 0.05) is 30.8 Å². The van der Waals surface area contributed by atoms with Gasteiger partial charge >= 0.3 is 0 Å². The van der Waals surface area contributed by atoms with Crippen LogP contribution in [0.5, 0.6) is 23.0 Å². The molecule has 0 saturated heterocycles. The van der Waals surface area contributed by atoms with E-state index in [1.54, 1.807) is 0 Å². The number of benzene rings is 4. The molecule has 1 aromatic heterocycles. The fraction of sp³-hybridized carbons (Fsp3) is 0.325. The summed E-state index contributed by atoms with van der Waals surface area (Å²) in [6.45, 7) is 7.42. The molecule has 7 nitrogen and oxygen atoms in total. The van der Waals surface area contributed by atoms with Gasteiger partial charge in [-0.05, 0) is 48.2 Å². The number of hydrogen-bond acceptors (Lipinski definition) is 6. The highest BCUT2D eigenvalue weighted by Gasteiger charge is 2.31. The van der Waals surface area contributed by atoms with Crippen LogP contribution >= 0.6 is 0 Å². The van der Waals surface area contributed by atoms with E-state index >= 15 is 0 Å². The van der Waals surface area contributed by atoms with Gasteiger partial charge in [-0.2, -0.15) is 0 Å². The second-order valence-corrected chi connectivity index (χ2v) is 12.3. The molecule has 242 valence electrons. The molecule has 5 aromatic rings. The zero-order valence-corrected chi connectivity index (χ0v) is 27.4. The lowest BCUT2D eigenvalue weighted by Crippen LogP contribution is -2.30. The summed E-state index contributed by atoms with van der Waals surface area (Å²) in [5.41, 5.74) is 6.98. The van der Waals surface area contributed by atoms with Crippen molar-refractivity contribution in [3.05, 3.63) is 114 Å². The van der Waals surface area contributed by atoms with Crippen LogP contribution in [0.15, 0.2) is 97.1 Å². The number of unbranched alkanes of at least 4 members (excludes halogenated alkanes) is 2. The van der Waals surface area contributed by atoms with Crippen molar-refractivity contribution in [3.8, 4) is 45.6 Å². The van der Waals surface area contributed by atoms with Crippen LogP contribution < -0.4 is 18.9 Å². The van der Waals surface area contributed by atoms with Gasteiger partial charge in [0.1, 0.15) is 5.82 Å². The maximum Gasteiger partial charge on any atom is 0.231 e. The standard InChI is InChI=1S/C40H43N3O4/c1-3-5-17-33(39-38(31-13-9-7-10-14-31)41-40(43(39)22-6-4-2)32-15-11-8-12-16-32)42(25-29-18-20-34-36(23-29)46-27-44-34)26-30-19-21-35-37(24-30)47-28-45-35/h7-16,18-21,23-24,33H,3-6,17,22,25-28H2,1-2H3/t33-/m1/s1. The van der Waals surface area contributed by atoms with Crippen molar-refractivity contribution in [2.24, 2.45) is 0 Å². The molecule has 0 unspecified atom stereocenters. The third kappa shape index (κ3) is 6.72. The topological polar surface area (TPSA) is 58.0 Å². The Hall–Kier alpha value is -4.75. The lowest BCUT2D eigenvalue weighted by atomic mass is 9.97. The molecule has 7 heteroatoms. The molecule has 4 aromatic carbocycles. The predicted octanol–water partition coefficient (Wildman–Crippen LogP) is 9.41. The van der Waals surface area contributed by atoms with Gasteiger partial charge < -0.3 is 23.5 Å². The number of rotatable bonds is 14. The Morgan fingerprint density at radius 1 is 0.660 bits per heavy atom. The van der Waals surface area contributed by atoms with Gasteiger partial charge in [-0.1, -0.05) is 106 Å². The van der Waals surface area contributed by atoms with Crippen LogP contribution in [0.1, 0.15) is 68.8 Å². The van der Waals surface area contributed by atoms with Crippen LogP contribution in [0.2, 0.25) is 0 Å². The second kappa shape index (κ2) is 14.3. The molecule has 0 fully saturated rings. The van der Waals surface area contributed by atoms with E-state index in [0.29, 0.717) is 0 Å². The van der Waals surface area contributed by atoms with Crippen molar-refractivity contribution in [3.63, 3.8) is 0 Å². The van der Waals surface area contributed by atoms with Gasteiger partial charge in [-0.25, -0.2) is 4.98 Å². The van der Waals surface area contributed by atoms with Gasteiger partial charge in [0.05, 0.1) is 17.4 Å². The van der Waals surface area contributed by atoms with Gasteiger partial charge in [-0.15, -0.1) is 0 Å². The van der Waals surface area contributed by atoms with Crippen LogP contribution in [-0.2, 0) is 19.6 Å². The van der Waals surface area contributed by atoms with Crippen molar-refractivity contribution in [2.75, 3.05) is 13.6 Å². The summed E-state index contributed by atoms with van der Waals surface area (Å²) in [6.07, 6.45) is 5.37. The van der Waals surface area contributed by atoms with E-state index in [-0.39, 0.29) is 19.6 Å². The molecule has 0 saturated carbocycles. The van der Waals surface area contributed by atoms with Crippen LogP contribution in [0.4, 0.5) is 0 Å². The maximum atomic E-state index is 5.81. The van der Waals surface area contributed by atoms with Gasteiger partial charge in [0.2, 0.25) is 13.6 Å². The number of aromatic nitrogens is 2. The molecule has 0 bridgehead atoms. The molecular formula is C40H43N3O4. The molecule has 0 aliphatic carbocycles. The first-order valence-electron chi connectivity index (χ1n) is 16.9. The minimum absolute atomic E-state index is 0.0859. The molecule has 47 heavy (non-hydrogen) atoms. The molecular weight excluding hydrogens is 586 g/mol. The average molecular weight is 630 g/mol. The van der Waals surface area contributed by atoms with Crippen molar-refractivity contribution in [1.29, 1.82) is 0 Å². The normalized spacial score (nSPS) is 13.8. The molecule has 7 rings (SSSR count). The summed E-state index contributed by atoms with van der Waals surface area (Å²) in [4.78, 5) is 8.10. The molecule has 0 amide bonds. The molecule has 1 atom stereocenters.